The van der Waals surface area contributed by atoms with Crippen LogP contribution in [0, 0.1) is 5.92 Å². The van der Waals surface area contributed by atoms with E-state index in [-0.39, 0.29) is 12.4 Å². The second-order valence-corrected chi connectivity index (χ2v) is 7.24. The highest BCUT2D eigenvalue weighted by Gasteiger charge is 2.19. The molecule has 4 heteroatoms. The molecular formula is C20H22BrNO2. The van der Waals surface area contributed by atoms with Gasteiger partial charge in [0.1, 0.15) is 0 Å². The molecule has 1 fully saturated rings. The standard InChI is InChI=1S/C20H22BrNO2/c21-18-5-1-16(2-6-18)20(24)17-3-7-19(8-4-17)22-12-9-15(10-13-22)11-14-23/h1-8,15,23H,9-14H2. The van der Waals surface area contributed by atoms with Crippen molar-refractivity contribution in [3.8, 4) is 0 Å². The molecular weight excluding hydrogens is 366 g/mol. The Morgan fingerprint density at radius 1 is 1.00 bits per heavy atom. The fraction of sp³-hybridized carbons (Fsp3) is 0.350. The fourth-order valence-corrected chi connectivity index (χ4v) is 3.52. The first-order valence-corrected chi connectivity index (χ1v) is 9.23. The van der Waals surface area contributed by atoms with E-state index in [0.29, 0.717) is 11.5 Å². The van der Waals surface area contributed by atoms with E-state index in [4.69, 9.17) is 5.11 Å². The van der Waals surface area contributed by atoms with Crippen LogP contribution in [-0.4, -0.2) is 30.6 Å². The summed E-state index contributed by atoms with van der Waals surface area (Å²) in [6.07, 6.45) is 3.16. The molecule has 2 aromatic rings. The lowest BCUT2D eigenvalue weighted by molar-refractivity contribution is 0.103. The summed E-state index contributed by atoms with van der Waals surface area (Å²) in [5.41, 5.74) is 2.59. The second-order valence-electron chi connectivity index (χ2n) is 6.33. The lowest BCUT2D eigenvalue weighted by Gasteiger charge is -2.33. The van der Waals surface area contributed by atoms with Gasteiger partial charge in [-0.05, 0) is 73.7 Å². The number of piperidine rings is 1. The maximum atomic E-state index is 12.5. The van der Waals surface area contributed by atoms with Crippen molar-refractivity contribution in [3.05, 3.63) is 64.1 Å². The number of carbonyl (C=O) groups excluding carboxylic acids is 1. The molecule has 0 radical (unpaired) electrons. The van der Waals surface area contributed by atoms with Gasteiger partial charge in [-0.3, -0.25) is 4.79 Å². The van der Waals surface area contributed by atoms with Crippen molar-refractivity contribution in [1.29, 1.82) is 0 Å². The molecule has 3 nitrogen and oxygen atoms in total. The van der Waals surface area contributed by atoms with E-state index >= 15 is 0 Å². The molecule has 0 saturated carbocycles. The van der Waals surface area contributed by atoms with Gasteiger partial charge in [-0.15, -0.1) is 0 Å². The molecule has 0 unspecified atom stereocenters. The first-order valence-electron chi connectivity index (χ1n) is 8.43. The maximum absolute atomic E-state index is 12.5. The summed E-state index contributed by atoms with van der Waals surface area (Å²) in [5.74, 6) is 0.695. The Labute approximate surface area is 151 Å². The molecule has 126 valence electrons. The molecule has 0 atom stereocenters. The molecule has 1 N–H and O–H groups in total. The van der Waals surface area contributed by atoms with Crippen molar-refractivity contribution in [2.24, 2.45) is 5.92 Å². The molecule has 1 aliphatic heterocycles. The Morgan fingerprint density at radius 3 is 2.08 bits per heavy atom. The number of hydrogen-bond donors (Lipinski definition) is 1. The molecule has 24 heavy (non-hydrogen) atoms. The number of aliphatic hydroxyl groups excluding tert-OH is 1. The normalized spacial score (nSPS) is 15.5. The van der Waals surface area contributed by atoms with Gasteiger partial charge in [0.05, 0.1) is 0 Å². The van der Waals surface area contributed by atoms with Gasteiger partial charge in [0, 0.05) is 41.0 Å². The Hall–Kier alpha value is -1.65. The maximum Gasteiger partial charge on any atom is 0.193 e. The minimum atomic E-state index is 0.0516. The van der Waals surface area contributed by atoms with Crippen molar-refractivity contribution in [2.75, 3.05) is 24.6 Å². The predicted molar refractivity (Wildman–Crippen MR) is 101 cm³/mol. The van der Waals surface area contributed by atoms with Gasteiger partial charge in [0.25, 0.3) is 0 Å². The van der Waals surface area contributed by atoms with Crippen LogP contribution in [0.4, 0.5) is 5.69 Å². The third-order valence-electron chi connectivity index (χ3n) is 4.75. The summed E-state index contributed by atoms with van der Waals surface area (Å²) in [6, 6.07) is 15.4. The monoisotopic (exact) mass is 387 g/mol. The number of ketones is 1. The highest BCUT2D eigenvalue weighted by molar-refractivity contribution is 9.10. The largest absolute Gasteiger partial charge is 0.396 e. The third kappa shape index (κ3) is 4.05. The quantitative estimate of drug-likeness (QED) is 0.778. The predicted octanol–water partition coefficient (Wildman–Crippen LogP) is 4.28. The number of aliphatic hydroxyl groups is 1. The Bertz CT molecular complexity index is 674. The highest BCUT2D eigenvalue weighted by atomic mass is 79.9. The van der Waals surface area contributed by atoms with Crippen LogP contribution in [0.25, 0.3) is 0 Å². The lowest BCUT2D eigenvalue weighted by atomic mass is 9.93. The zero-order valence-corrected chi connectivity index (χ0v) is 15.2. The number of anilines is 1. The molecule has 0 spiro atoms. The fourth-order valence-electron chi connectivity index (χ4n) is 3.25. The zero-order valence-electron chi connectivity index (χ0n) is 13.6. The van der Waals surface area contributed by atoms with E-state index in [1.165, 1.54) is 5.69 Å². The van der Waals surface area contributed by atoms with Crippen molar-refractivity contribution < 1.29 is 9.90 Å². The van der Waals surface area contributed by atoms with Crippen molar-refractivity contribution >= 4 is 27.4 Å². The van der Waals surface area contributed by atoms with Crippen LogP contribution >= 0.6 is 15.9 Å². The molecule has 0 aromatic heterocycles. The van der Waals surface area contributed by atoms with Gasteiger partial charge >= 0.3 is 0 Å². The van der Waals surface area contributed by atoms with Crippen LogP contribution in [0.2, 0.25) is 0 Å². The van der Waals surface area contributed by atoms with Crippen LogP contribution in [0.15, 0.2) is 53.0 Å². The second kappa shape index (κ2) is 7.95. The molecule has 1 saturated heterocycles. The zero-order chi connectivity index (χ0) is 16.9. The van der Waals surface area contributed by atoms with Crippen LogP contribution in [0.5, 0.6) is 0 Å². The summed E-state index contributed by atoms with van der Waals surface area (Å²) in [6.45, 7) is 2.33. The lowest BCUT2D eigenvalue weighted by Crippen LogP contribution is -2.33. The van der Waals surface area contributed by atoms with Crippen LogP contribution in [0.3, 0.4) is 0 Å². The number of rotatable bonds is 5. The third-order valence-corrected chi connectivity index (χ3v) is 5.28. The molecule has 3 rings (SSSR count). The summed E-state index contributed by atoms with van der Waals surface area (Å²) in [7, 11) is 0. The highest BCUT2D eigenvalue weighted by Crippen LogP contribution is 2.25. The van der Waals surface area contributed by atoms with Crippen molar-refractivity contribution in [1.82, 2.24) is 0 Å². The first kappa shape index (κ1) is 17.2. The number of halogens is 1. The van der Waals surface area contributed by atoms with Crippen molar-refractivity contribution in [2.45, 2.75) is 19.3 Å². The van der Waals surface area contributed by atoms with E-state index in [2.05, 4.69) is 20.8 Å². The van der Waals surface area contributed by atoms with E-state index in [0.717, 1.165) is 42.4 Å². The Morgan fingerprint density at radius 2 is 1.54 bits per heavy atom. The van der Waals surface area contributed by atoms with Gasteiger partial charge in [-0.25, -0.2) is 0 Å². The minimum Gasteiger partial charge on any atom is -0.396 e. The van der Waals surface area contributed by atoms with Crippen molar-refractivity contribution in [3.63, 3.8) is 0 Å². The van der Waals surface area contributed by atoms with Gasteiger partial charge < -0.3 is 10.0 Å². The van der Waals surface area contributed by atoms with E-state index < -0.39 is 0 Å². The number of hydrogen-bond acceptors (Lipinski definition) is 3. The number of nitrogens with zero attached hydrogens (tertiary/aromatic N) is 1. The van der Waals surface area contributed by atoms with Crippen LogP contribution in [0.1, 0.15) is 35.2 Å². The van der Waals surface area contributed by atoms with E-state index in [1.807, 2.05) is 48.5 Å². The molecule has 0 aliphatic carbocycles. The Balaban J connectivity index is 1.65. The molecule has 2 aromatic carbocycles. The molecule has 1 heterocycles. The van der Waals surface area contributed by atoms with Crippen LogP contribution < -0.4 is 4.90 Å². The van der Waals surface area contributed by atoms with Gasteiger partial charge in [-0.2, -0.15) is 0 Å². The SMILES string of the molecule is O=C(c1ccc(Br)cc1)c1ccc(N2CCC(CCO)CC2)cc1. The first-order chi connectivity index (χ1) is 11.7. The van der Waals surface area contributed by atoms with E-state index in [9.17, 15) is 4.79 Å². The smallest absolute Gasteiger partial charge is 0.193 e. The average molecular weight is 388 g/mol. The molecule has 0 amide bonds. The van der Waals surface area contributed by atoms with Gasteiger partial charge in [0.15, 0.2) is 5.78 Å². The number of carbonyl (C=O) groups is 1. The average Bonchev–Trinajstić information content (AvgIpc) is 2.63. The van der Waals surface area contributed by atoms with E-state index in [1.54, 1.807) is 0 Å². The summed E-state index contributed by atoms with van der Waals surface area (Å²) in [5, 5.41) is 9.04. The van der Waals surface area contributed by atoms with Gasteiger partial charge in [0.2, 0.25) is 0 Å². The van der Waals surface area contributed by atoms with Gasteiger partial charge in [-0.1, -0.05) is 15.9 Å². The minimum absolute atomic E-state index is 0.0516. The van der Waals surface area contributed by atoms with Crippen LogP contribution in [-0.2, 0) is 0 Å². The Kier molecular flexibility index (Phi) is 5.69. The summed E-state index contributed by atoms with van der Waals surface area (Å²) >= 11 is 3.39. The topological polar surface area (TPSA) is 40.5 Å². The molecule has 0 bridgehead atoms. The molecule has 1 aliphatic rings. The number of benzene rings is 2. The summed E-state index contributed by atoms with van der Waals surface area (Å²) in [4.78, 5) is 14.9. The summed E-state index contributed by atoms with van der Waals surface area (Å²) < 4.78 is 0.971.